The number of nitrogens with one attached hydrogen (secondary N) is 2. The van der Waals surface area contributed by atoms with Crippen molar-refractivity contribution < 1.29 is 37.1 Å². The van der Waals surface area contributed by atoms with E-state index in [0.717, 1.165) is 0 Å². The highest BCUT2D eigenvalue weighted by Gasteiger charge is 2.40. The van der Waals surface area contributed by atoms with E-state index in [0.29, 0.717) is 12.8 Å². The molecule has 1 saturated heterocycles. The first-order valence-corrected chi connectivity index (χ1v) is 13.0. The molecule has 0 radical (unpaired) electrons. The van der Waals surface area contributed by atoms with Gasteiger partial charge in [-0.2, -0.15) is 13.2 Å². The van der Waals surface area contributed by atoms with Crippen LogP contribution in [0.2, 0.25) is 0 Å². The number of halogens is 3. The average Bonchev–Trinajstić information content (AvgIpc) is 3.32. The van der Waals surface area contributed by atoms with Gasteiger partial charge in [-0.3, -0.25) is 19.2 Å². The molecular formula is C27H39F3N4O5. The number of alkyl halides is 3. The molecule has 39 heavy (non-hydrogen) atoms. The van der Waals surface area contributed by atoms with Gasteiger partial charge in [-0.15, -0.1) is 0 Å². The minimum Gasteiger partial charge on any atom is -0.483 e. The van der Waals surface area contributed by atoms with E-state index in [-0.39, 0.29) is 36.4 Å². The summed E-state index contributed by atoms with van der Waals surface area (Å²) in [6.45, 7) is 8.83. The van der Waals surface area contributed by atoms with Crippen LogP contribution in [-0.2, 0) is 14.4 Å². The zero-order chi connectivity index (χ0) is 29.5. The number of carbonyl (C=O) groups excluding carboxylic acids is 4. The molecular weight excluding hydrogens is 517 g/mol. The molecule has 2 rings (SSSR count). The van der Waals surface area contributed by atoms with Gasteiger partial charge in [0.25, 0.3) is 11.8 Å². The summed E-state index contributed by atoms with van der Waals surface area (Å²) in [6.07, 6.45) is -5.64. The molecule has 1 aromatic carbocycles. The van der Waals surface area contributed by atoms with Crippen molar-refractivity contribution in [2.45, 2.75) is 90.1 Å². The van der Waals surface area contributed by atoms with Crippen LogP contribution in [0.15, 0.2) is 24.3 Å². The van der Waals surface area contributed by atoms with Crippen LogP contribution in [-0.4, -0.2) is 83.5 Å². The van der Waals surface area contributed by atoms with Crippen LogP contribution in [0.25, 0.3) is 0 Å². The van der Waals surface area contributed by atoms with Gasteiger partial charge in [-0.05, 0) is 66.0 Å². The fourth-order valence-corrected chi connectivity index (χ4v) is 4.16. The molecule has 0 aromatic heterocycles. The monoisotopic (exact) mass is 556 g/mol. The van der Waals surface area contributed by atoms with E-state index in [9.17, 15) is 32.3 Å². The molecule has 12 heteroatoms. The Hall–Kier alpha value is -3.31. The lowest BCUT2D eigenvalue weighted by Crippen LogP contribution is -2.54. The summed E-state index contributed by atoms with van der Waals surface area (Å²) in [4.78, 5) is 54.5. The third-order valence-corrected chi connectivity index (χ3v) is 6.27. The quantitative estimate of drug-likeness (QED) is 0.460. The number of benzene rings is 1. The molecule has 1 aromatic rings. The third kappa shape index (κ3) is 9.74. The summed E-state index contributed by atoms with van der Waals surface area (Å²) in [7, 11) is 1.61. The van der Waals surface area contributed by atoms with Gasteiger partial charge in [0.2, 0.25) is 11.8 Å². The molecule has 0 aliphatic carbocycles. The highest BCUT2D eigenvalue weighted by Crippen LogP contribution is 2.26. The van der Waals surface area contributed by atoms with E-state index in [1.165, 1.54) is 28.0 Å². The van der Waals surface area contributed by atoms with Crippen molar-refractivity contribution in [3.63, 3.8) is 0 Å². The fourth-order valence-electron chi connectivity index (χ4n) is 4.16. The van der Waals surface area contributed by atoms with Gasteiger partial charge in [0, 0.05) is 31.6 Å². The zero-order valence-electron chi connectivity index (χ0n) is 23.4. The van der Waals surface area contributed by atoms with Gasteiger partial charge < -0.3 is 25.2 Å². The number of hydrogen-bond acceptors (Lipinski definition) is 5. The van der Waals surface area contributed by atoms with Gasteiger partial charge in [0.15, 0.2) is 6.61 Å². The van der Waals surface area contributed by atoms with Gasteiger partial charge in [-0.1, -0.05) is 12.1 Å². The SMILES string of the molecule is CC(C)N(C)C(=O)C1CCCN1C(=O)C(CCC(F)(F)F)NC(=O)c1ccccc1OCC(=O)NC(C)(C)C. The number of carbonyl (C=O) groups is 4. The number of rotatable bonds is 10. The number of hydrogen-bond donors (Lipinski definition) is 2. The highest BCUT2D eigenvalue weighted by molar-refractivity contribution is 6.00. The maximum Gasteiger partial charge on any atom is 0.389 e. The number of amides is 4. The molecule has 1 heterocycles. The molecule has 0 saturated carbocycles. The lowest BCUT2D eigenvalue weighted by atomic mass is 10.1. The summed E-state index contributed by atoms with van der Waals surface area (Å²) in [5.41, 5.74) is -0.540. The van der Waals surface area contributed by atoms with Crippen molar-refractivity contribution in [2.24, 2.45) is 0 Å². The van der Waals surface area contributed by atoms with Crippen LogP contribution in [0.5, 0.6) is 5.75 Å². The molecule has 1 aliphatic rings. The molecule has 0 spiro atoms. The van der Waals surface area contributed by atoms with Gasteiger partial charge in [-0.25, -0.2) is 0 Å². The van der Waals surface area contributed by atoms with Gasteiger partial charge in [0.05, 0.1) is 5.56 Å². The Morgan fingerprint density at radius 3 is 2.36 bits per heavy atom. The normalized spacial score (nSPS) is 16.6. The molecule has 1 fully saturated rings. The molecule has 2 N–H and O–H groups in total. The van der Waals surface area contributed by atoms with Crippen molar-refractivity contribution in [1.82, 2.24) is 20.4 Å². The van der Waals surface area contributed by atoms with E-state index < -0.39 is 54.4 Å². The predicted molar refractivity (Wildman–Crippen MR) is 139 cm³/mol. The zero-order valence-corrected chi connectivity index (χ0v) is 23.4. The Labute approximate surface area is 227 Å². The number of ether oxygens (including phenoxy) is 1. The Balaban J connectivity index is 2.24. The summed E-state index contributed by atoms with van der Waals surface area (Å²) in [6, 6.07) is 3.48. The van der Waals surface area contributed by atoms with E-state index >= 15 is 0 Å². The fraction of sp³-hybridized carbons (Fsp3) is 0.630. The Bertz CT molecular complexity index is 1040. The number of nitrogens with zero attached hydrogens (tertiary/aromatic N) is 2. The van der Waals surface area contributed by atoms with Crippen molar-refractivity contribution in [2.75, 3.05) is 20.2 Å². The maximum atomic E-state index is 13.5. The molecule has 4 amide bonds. The minimum atomic E-state index is -4.55. The predicted octanol–water partition coefficient (Wildman–Crippen LogP) is 3.28. The number of likely N-dealkylation sites (tertiary alicyclic amines) is 1. The summed E-state index contributed by atoms with van der Waals surface area (Å²) in [5, 5.41) is 5.15. The topological polar surface area (TPSA) is 108 Å². The highest BCUT2D eigenvalue weighted by atomic mass is 19.4. The van der Waals surface area contributed by atoms with E-state index in [1.54, 1.807) is 33.9 Å². The smallest absolute Gasteiger partial charge is 0.389 e. The Kier molecular flexibility index (Phi) is 10.8. The second kappa shape index (κ2) is 13.2. The van der Waals surface area contributed by atoms with E-state index in [1.807, 2.05) is 13.8 Å². The summed E-state index contributed by atoms with van der Waals surface area (Å²) < 4.78 is 44.9. The third-order valence-electron chi connectivity index (χ3n) is 6.27. The number of likely N-dealkylation sites (N-methyl/N-ethyl adjacent to an activating group) is 1. The Morgan fingerprint density at radius 1 is 1.13 bits per heavy atom. The molecule has 2 unspecified atom stereocenters. The standard InChI is InChI=1S/C27H39F3N4O5/c1-17(2)33(6)25(38)20-11-9-15-34(20)24(37)19(13-14-27(28,29)30)31-23(36)18-10-7-8-12-21(18)39-16-22(35)32-26(3,4)5/h7-8,10,12,17,19-20H,9,11,13-16H2,1-6H3,(H,31,36)(H,32,35). The average molecular weight is 557 g/mol. The first-order valence-electron chi connectivity index (χ1n) is 13.0. The largest absolute Gasteiger partial charge is 0.483 e. The first kappa shape index (κ1) is 31.9. The first-order chi connectivity index (χ1) is 18.0. The number of para-hydroxylation sites is 1. The van der Waals surface area contributed by atoms with E-state index in [4.69, 9.17) is 4.74 Å². The maximum absolute atomic E-state index is 13.5. The molecule has 1 aliphatic heterocycles. The second-order valence-corrected chi connectivity index (χ2v) is 11.0. The van der Waals surface area contributed by atoms with Crippen molar-refractivity contribution >= 4 is 23.6 Å². The van der Waals surface area contributed by atoms with Crippen molar-refractivity contribution in [3.8, 4) is 5.75 Å². The minimum absolute atomic E-state index is 0.0360. The molecule has 218 valence electrons. The van der Waals surface area contributed by atoms with Crippen LogP contribution in [0.3, 0.4) is 0 Å². The van der Waals surface area contributed by atoms with Crippen molar-refractivity contribution in [3.05, 3.63) is 29.8 Å². The molecule has 9 nitrogen and oxygen atoms in total. The van der Waals surface area contributed by atoms with Crippen LogP contribution < -0.4 is 15.4 Å². The van der Waals surface area contributed by atoms with E-state index in [2.05, 4.69) is 10.6 Å². The summed E-state index contributed by atoms with van der Waals surface area (Å²) in [5.74, 6) is -2.27. The Morgan fingerprint density at radius 2 is 1.77 bits per heavy atom. The lowest BCUT2D eigenvalue weighted by Gasteiger charge is -2.32. The van der Waals surface area contributed by atoms with Gasteiger partial charge >= 0.3 is 6.18 Å². The second-order valence-electron chi connectivity index (χ2n) is 11.0. The van der Waals surface area contributed by atoms with Crippen LogP contribution in [0.1, 0.15) is 70.7 Å². The summed E-state index contributed by atoms with van der Waals surface area (Å²) >= 11 is 0. The van der Waals surface area contributed by atoms with Crippen LogP contribution in [0, 0.1) is 0 Å². The van der Waals surface area contributed by atoms with Crippen LogP contribution >= 0.6 is 0 Å². The van der Waals surface area contributed by atoms with Crippen molar-refractivity contribution in [1.29, 1.82) is 0 Å². The van der Waals surface area contributed by atoms with Crippen LogP contribution in [0.4, 0.5) is 13.2 Å². The van der Waals surface area contributed by atoms with Gasteiger partial charge in [0.1, 0.15) is 17.8 Å². The molecule has 2 atom stereocenters. The lowest BCUT2D eigenvalue weighted by molar-refractivity contribution is -0.148. The molecule has 0 bridgehead atoms.